The predicted molar refractivity (Wildman–Crippen MR) is 100 cm³/mol. The number of amides is 2. The molecule has 0 atom stereocenters. The molecule has 0 bridgehead atoms. The van der Waals surface area contributed by atoms with Gasteiger partial charge in [0.25, 0.3) is 5.91 Å². The zero-order chi connectivity index (χ0) is 20.1. The number of hydrogen-bond acceptors (Lipinski definition) is 6. The number of esters is 1. The largest absolute Gasteiger partial charge is 0.455 e. The first-order valence-corrected chi connectivity index (χ1v) is 9.15. The summed E-state index contributed by atoms with van der Waals surface area (Å²) >= 11 is 1.45. The van der Waals surface area contributed by atoms with Crippen LogP contribution in [0, 0.1) is 5.82 Å². The number of aromatic nitrogens is 2. The highest BCUT2D eigenvalue weighted by molar-refractivity contribution is 7.15. The lowest BCUT2D eigenvalue weighted by atomic mass is 10.3. The van der Waals surface area contributed by atoms with Gasteiger partial charge in [0.2, 0.25) is 5.91 Å². The van der Waals surface area contributed by atoms with Gasteiger partial charge in [0.05, 0.1) is 18.7 Å². The van der Waals surface area contributed by atoms with E-state index in [2.05, 4.69) is 10.3 Å². The number of likely N-dealkylation sites (N-methyl/N-ethyl adjacent to an activating group) is 1. The maximum Gasteiger partial charge on any atom is 0.312 e. The number of imidazole rings is 1. The quantitative estimate of drug-likeness (QED) is 0.606. The SMILES string of the molecule is CN(CC(=O)Nc1ccc(F)cc1)C(=O)COC(=O)Cc1cn2ccsc2n1. The topological polar surface area (TPSA) is 93.0 Å². The van der Waals surface area contributed by atoms with Crippen molar-refractivity contribution in [1.82, 2.24) is 14.3 Å². The average Bonchev–Trinajstić information content (AvgIpc) is 3.23. The van der Waals surface area contributed by atoms with Gasteiger partial charge in [-0.1, -0.05) is 0 Å². The van der Waals surface area contributed by atoms with E-state index in [4.69, 9.17) is 4.74 Å². The molecular formula is C18H17FN4O4S. The summed E-state index contributed by atoms with van der Waals surface area (Å²) in [7, 11) is 1.42. The van der Waals surface area contributed by atoms with E-state index in [0.717, 1.165) is 9.86 Å². The summed E-state index contributed by atoms with van der Waals surface area (Å²) in [4.78, 5) is 42.0. The number of rotatable bonds is 7. The molecule has 0 aliphatic heterocycles. The van der Waals surface area contributed by atoms with E-state index >= 15 is 0 Å². The third-order valence-electron chi connectivity index (χ3n) is 3.76. The molecule has 146 valence electrons. The summed E-state index contributed by atoms with van der Waals surface area (Å²) in [6, 6.07) is 5.26. The fourth-order valence-electron chi connectivity index (χ4n) is 2.35. The highest BCUT2D eigenvalue weighted by Gasteiger charge is 2.16. The Morgan fingerprint density at radius 2 is 2.04 bits per heavy atom. The molecule has 2 amide bonds. The summed E-state index contributed by atoms with van der Waals surface area (Å²) in [5.74, 6) is -1.97. The van der Waals surface area contributed by atoms with Gasteiger partial charge in [-0.05, 0) is 24.3 Å². The Bertz CT molecular complexity index is 970. The normalized spacial score (nSPS) is 10.6. The maximum atomic E-state index is 12.9. The van der Waals surface area contributed by atoms with Crippen molar-refractivity contribution in [2.24, 2.45) is 0 Å². The Morgan fingerprint density at radius 1 is 1.29 bits per heavy atom. The van der Waals surface area contributed by atoms with Crippen molar-refractivity contribution in [1.29, 1.82) is 0 Å². The molecule has 3 aromatic rings. The fraction of sp³-hybridized carbons (Fsp3) is 0.222. The van der Waals surface area contributed by atoms with Crippen LogP contribution in [-0.4, -0.2) is 52.3 Å². The number of carbonyl (C=O) groups excluding carboxylic acids is 3. The van der Waals surface area contributed by atoms with Crippen LogP contribution in [0.1, 0.15) is 5.69 Å². The number of thiazole rings is 1. The van der Waals surface area contributed by atoms with Gasteiger partial charge in [0, 0.05) is 30.5 Å². The molecule has 1 N–H and O–H groups in total. The number of anilines is 1. The van der Waals surface area contributed by atoms with Crippen LogP contribution in [0.2, 0.25) is 0 Å². The molecule has 0 saturated heterocycles. The molecule has 2 heterocycles. The van der Waals surface area contributed by atoms with Gasteiger partial charge in [0.15, 0.2) is 11.6 Å². The second-order valence-corrected chi connectivity index (χ2v) is 6.84. The van der Waals surface area contributed by atoms with E-state index in [9.17, 15) is 18.8 Å². The van der Waals surface area contributed by atoms with Crippen LogP contribution >= 0.6 is 11.3 Å². The Morgan fingerprint density at radius 3 is 2.75 bits per heavy atom. The Hall–Kier alpha value is -3.27. The van der Waals surface area contributed by atoms with E-state index in [-0.39, 0.29) is 13.0 Å². The molecule has 2 aromatic heterocycles. The highest BCUT2D eigenvalue weighted by Crippen LogP contribution is 2.12. The number of benzene rings is 1. The van der Waals surface area contributed by atoms with Crippen LogP contribution in [0.3, 0.4) is 0 Å². The lowest BCUT2D eigenvalue weighted by Gasteiger charge is -2.16. The fourth-order valence-corrected chi connectivity index (χ4v) is 3.07. The molecule has 10 heteroatoms. The van der Waals surface area contributed by atoms with Gasteiger partial charge in [-0.25, -0.2) is 9.37 Å². The van der Waals surface area contributed by atoms with Crippen molar-refractivity contribution in [2.75, 3.05) is 25.5 Å². The lowest BCUT2D eigenvalue weighted by molar-refractivity contribution is -0.151. The number of hydrogen-bond donors (Lipinski definition) is 1. The van der Waals surface area contributed by atoms with Crippen molar-refractivity contribution >= 4 is 39.8 Å². The van der Waals surface area contributed by atoms with Crippen LogP contribution in [-0.2, 0) is 25.5 Å². The van der Waals surface area contributed by atoms with Crippen molar-refractivity contribution in [2.45, 2.75) is 6.42 Å². The second-order valence-electron chi connectivity index (χ2n) is 5.97. The van der Waals surface area contributed by atoms with Gasteiger partial charge in [0.1, 0.15) is 5.82 Å². The van der Waals surface area contributed by atoms with Crippen molar-refractivity contribution in [3.05, 3.63) is 53.6 Å². The summed E-state index contributed by atoms with van der Waals surface area (Å²) in [5.41, 5.74) is 0.968. The van der Waals surface area contributed by atoms with Crippen molar-refractivity contribution in [3.63, 3.8) is 0 Å². The van der Waals surface area contributed by atoms with Gasteiger partial charge < -0.3 is 15.0 Å². The molecule has 0 unspecified atom stereocenters. The molecule has 0 aliphatic carbocycles. The molecule has 0 fully saturated rings. The number of halogens is 1. The maximum absolute atomic E-state index is 12.9. The van der Waals surface area contributed by atoms with Crippen LogP contribution in [0.25, 0.3) is 4.96 Å². The predicted octanol–water partition coefficient (Wildman–Crippen LogP) is 1.72. The summed E-state index contributed by atoms with van der Waals surface area (Å²) in [6.45, 7) is -0.702. The molecule has 0 spiro atoms. The van der Waals surface area contributed by atoms with Crippen LogP contribution < -0.4 is 5.32 Å². The Labute approximate surface area is 163 Å². The monoisotopic (exact) mass is 404 g/mol. The second kappa shape index (κ2) is 8.61. The smallest absolute Gasteiger partial charge is 0.312 e. The molecule has 8 nitrogen and oxygen atoms in total. The highest BCUT2D eigenvalue weighted by atomic mass is 32.1. The number of carbonyl (C=O) groups is 3. The molecule has 1 aromatic carbocycles. The van der Waals surface area contributed by atoms with Gasteiger partial charge in [-0.3, -0.25) is 18.8 Å². The van der Waals surface area contributed by atoms with E-state index in [0.29, 0.717) is 11.4 Å². The first-order valence-electron chi connectivity index (χ1n) is 8.27. The van der Waals surface area contributed by atoms with Crippen molar-refractivity contribution < 1.29 is 23.5 Å². The van der Waals surface area contributed by atoms with Crippen LogP contribution in [0.5, 0.6) is 0 Å². The van der Waals surface area contributed by atoms with Crippen LogP contribution in [0.4, 0.5) is 10.1 Å². The molecule has 3 rings (SSSR count). The average molecular weight is 404 g/mol. The summed E-state index contributed by atoms with van der Waals surface area (Å²) in [5, 5.41) is 4.43. The Kier molecular flexibility index (Phi) is 5.99. The minimum atomic E-state index is -0.580. The third kappa shape index (κ3) is 5.13. The molecular weight excluding hydrogens is 387 g/mol. The number of nitrogens with one attached hydrogen (secondary N) is 1. The third-order valence-corrected chi connectivity index (χ3v) is 4.53. The zero-order valence-electron chi connectivity index (χ0n) is 14.9. The zero-order valence-corrected chi connectivity index (χ0v) is 15.7. The standard InChI is InChI=1S/C18H17FN4O4S/c1-22(10-15(24)20-13-4-2-12(19)3-5-13)16(25)11-27-17(26)8-14-9-23-6-7-28-18(23)21-14/h2-7,9H,8,10-11H2,1H3,(H,20,24). The first-order chi connectivity index (χ1) is 13.4. The van der Waals surface area contributed by atoms with E-state index < -0.39 is 30.2 Å². The van der Waals surface area contributed by atoms with Gasteiger partial charge >= 0.3 is 5.97 Å². The Balaban J connectivity index is 1.41. The van der Waals surface area contributed by atoms with Crippen LogP contribution in [0.15, 0.2) is 42.0 Å². The minimum absolute atomic E-state index is 0.0452. The lowest BCUT2D eigenvalue weighted by Crippen LogP contribution is -2.37. The molecule has 0 aliphatic rings. The first kappa shape index (κ1) is 19.5. The number of fused-ring (bicyclic) bond motifs is 1. The van der Waals surface area contributed by atoms with E-state index in [1.165, 1.54) is 42.6 Å². The number of nitrogens with zero attached hydrogens (tertiary/aromatic N) is 3. The molecule has 28 heavy (non-hydrogen) atoms. The van der Waals surface area contributed by atoms with E-state index in [1.807, 2.05) is 11.6 Å². The minimum Gasteiger partial charge on any atom is -0.455 e. The van der Waals surface area contributed by atoms with E-state index in [1.54, 1.807) is 10.6 Å². The molecule has 0 saturated carbocycles. The van der Waals surface area contributed by atoms with Gasteiger partial charge in [-0.2, -0.15) is 0 Å². The summed E-state index contributed by atoms with van der Waals surface area (Å²) in [6.07, 6.45) is 3.51. The van der Waals surface area contributed by atoms with Gasteiger partial charge in [-0.15, -0.1) is 11.3 Å². The molecule has 0 radical (unpaired) electrons. The van der Waals surface area contributed by atoms with Crippen molar-refractivity contribution in [3.8, 4) is 0 Å². The summed E-state index contributed by atoms with van der Waals surface area (Å²) < 4.78 is 19.6. The number of ether oxygens (including phenoxy) is 1.